The highest BCUT2D eigenvalue weighted by Crippen LogP contribution is 2.50. The van der Waals surface area contributed by atoms with Crippen LogP contribution < -0.4 is 5.32 Å². The van der Waals surface area contributed by atoms with Crippen LogP contribution >= 0.6 is 0 Å². The third kappa shape index (κ3) is 4.87. The van der Waals surface area contributed by atoms with Crippen molar-refractivity contribution in [3.05, 3.63) is 64.5 Å². The highest BCUT2D eigenvalue weighted by molar-refractivity contribution is 5.98. The van der Waals surface area contributed by atoms with Gasteiger partial charge in [0.25, 0.3) is 5.91 Å². The molecule has 1 aromatic carbocycles. The quantitative estimate of drug-likeness (QED) is 0.410. The first kappa shape index (κ1) is 25.4. The van der Waals surface area contributed by atoms with Gasteiger partial charge in [-0.25, -0.2) is 0 Å². The Hall–Kier alpha value is -3.25. The number of likely N-dealkylation sites (tertiary alicyclic amines) is 1. The van der Waals surface area contributed by atoms with E-state index in [9.17, 15) is 35.9 Å². The zero-order valence-corrected chi connectivity index (χ0v) is 18.8. The molecule has 13 heteroatoms. The van der Waals surface area contributed by atoms with Gasteiger partial charge in [0.1, 0.15) is 11.7 Å². The van der Waals surface area contributed by atoms with E-state index < -0.39 is 70.6 Å². The van der Waals surface area contributed by atoms with Crippen LogP contribution in [0.5, 0.6) is 0 Å². The number of hydrogen-bond acceptors (Lipinski definition) is 3. The van der Waals surface area contributed by atoms with E-state index in [1.807, 2.05) is 0 Å². The predicted octanol–water partition coefficient (Wildman–Crippen LogP) is 5.47. The molecular weight excluding hydrogens is 514 g/mol. The number of nitrogens with one attached hydrogen (secondary N) is 1. The molecular formula is C24H19F8N3O2. The van der Waals surface area contributed by atoms with Crippen molar-refractivity contribution in [2.75, 3.05) is 0 Å². The lowest BCUT2D eigenvalue weighted by molar-refractivity contribution is -0.141. The molecule has 198 valence electrons. The van der Waals surface area contributed by atoms with Gasteiger partial charge in [-0.3, -0.25) is 19.9 Å². The number of halogens is 8. The molecule has 37 heavy (non-hydrogen) atoms. The molecule has 2 aliphatic carbocycles. The van der Waals surface area contributed by atoms with Crippen LogP contribution in [-0.2, 0) is 23.2 Å². The van der Waals surface area contributed by atoms with Crippen molar-refractivity contribution in [1.82, 2.24) is 15.2 Å². The molecule has 0 spiro atoms. The largest absolute Gasteiger partial charge is 0.433 e. The number of carbonyl (C=O) groups excluding carboxylic acids is 2. The SMILES string of the molecule is O=C(NC(F)(F)c1ccc(C(F)(F)F)cc1C1CC1)[C@H]1C[C@H]2C[C@H]2N1C(=O)c1ccnc(C(F)(F)F)c1. The Balaban J connectivity index is 1.38. The van der Waals surface area contributed by atoms with Crippen LogP contribution in [-0.4, -0.2) is 33.8 Å². The van der Waals surface area contributed by atoms with Gasteiger partial charge in [-0.1, -0.05) is 6.07 Å². The zero-order chi connectivity index (χ0) is 26.9. The molecule has 0 bridgehead atoms. The van der Waals surface area contributed by atoms with E-state index in [-0.39, 0.29) is 17.9 Å². The number of aromatic nitrogens is 1. The average Bonchev–Trinajstić information content (AvgIpc) is 3.74. The monoisotopic (exact) mass is 533 g/mol. The van der Waals surface area contributed by atoms with Gasteiger partial charge >= 0.3 is 18.4 Å². The third-order valence-corrected chi connectivity index (χ3v) is 6.95. The molecule has 5 rings (SSSR count). The van der Waals surface area contributed by atoms with E-state index in [0.717, 1.165) is 17.2 Å². The standard InChI is InChI=1S/C24H19F8N3O2/c25-22(26,27)14-3-4-16(15(10-14)11-1-2-11)24(31,32)34-20(36)18-8-13-7-17(13)35(18)21(37)12-5-6-33-19(9-12)23(28,29)30/h3-6,9-11,13,17-18H,1-2,7-8H2,(H,34,36)/t13-,17-,18-/m1/s1. The van der Waals surface area contributed by atoms with Gasteiger partial charge in [-0.2, -0.15) is 35.1 Å². The van der Waals surface area contributed by atoms with Gasteiger partial charge in [0.05, 0.1) is 5.56 Å². The fourth-order valence-corrected chi connectivity index (χ4v) is 4.91. The minimum absolute atomic E-state index is 0.0397. The molecule has 3 atom stereocenters. The number of piperidine rings is 1. The molecule has 1 aromatic heterocycles. The number of pyridine rings is 1. The van der Waals surface area contributed by atoms with Crippen LogP contribution in [0.4, 0.5) is 35.1 Å². The minimum Gasteiger partial charge on any atom is -0.323 e. The fourth-order valence-electron chi connectivity index (χ4n) is 4.91. The molecule has 3 fully saturated rings. The van der Waals surface area contributed by atoms with Crippen molar-refractivity contribution in [2.45, 2.75) is 62.1 Å². The van der Waals surface area contributed by atoms with Gasteiger partial charge in [0, 0.05) is 23.4 Å². The summed E-state index contributed by atoms with van der Waals surface area (Å²) >= 11 is 0. The van der Waals surface area contributed by atoms with Gasteiger partial charge < -0.3 is 4.90 Å². The van der Waals surface area contributed by atoms with Crippen LogP contribution in [0.2, 0.25) is 0 Å². The first-order valence-electron chi connectivity index (χ1n) is 11.4. The Morgan fingerprint density at radius 1 is 0.919 bits per heavy atom. The summed E-state index contributed by atoms with van der Waals surface area (Å²) in [5.41, 5.74) is -3.76. The minimum atomic E-state index is -4.82. The smallest absolute Gasteiger partial charge is 0.323 e. The summed E-state index contributed by atoms with van der Waals surface area (Å²) in [4.78, 5) is 30.2. The second-order valence-corrected chi connectivity index (χ2v) is 9.59. The summed E-state index contributed by atoms with van der Waals surface area (Å²) in [6.45, 7) is 0. The first-order chi connectivity index (χ1) is 17.2. The van der Waals surface area contributed by atoms with Crippen molar-refractivity contribution in [3.63, 3.8) is 0 Å². The Kier molecular flexibility index (Phi) is 5.76. The number of alkyl halides is 8. The lowest BCUT2D eigenvalue weighted by atomic mass is 9.98. The highest BCUT2D eigenvalue weighted by Gasteiger charge is 2.57. The zero-order valence-electron chi connectivity index (χ0n) is 18.8. The normalized spacial score (nSPS) is 23.6. The first-order valence-corrected chi connectivity index (χ1v) is 11.4. The molecule has 3 aliphatic rings. The van der Waals surface area contributed by atoms with Crippen molar-refractivity contribution >= 4 is 11.8 Å². The van der Waals surface area contributed by atoms with E-state index in [4.69, 9.17) is 0 Å². The number of rotatable bonds is 5. The predicted molar refractivity (Wildman–Crippen MR) is 111 cm³/mol. The molecule has 2 amide bonds. The lowest BCUT2D eigenvalue weighted by Gasteiger charge is -2.29. The van der Waals surface area contributed by atoms with Crippen LogP contribution in [0.1, 0.15) is 64.3 Å². The maximum atomic E-state index is 15.2. The number of carbonyl (C=O) groups is 2. The summed E-state index contributed by atoms with van der Waals surface area (Å²) in [5.74, 6) is -2.82. The molecule has 1 saturated heterocycles. The van der Waals surface area contributed by atoms with Gasteiger partial charge in [0.2, 0.25) is 5.91 Å². The summed E-state index contributed by atoms with van der Waals surface area (Å²) in [5, 5.41) is 1.57. The van der Waals surface area contributed by atoms with E-state index in [1.54, 1.807) is 5.32 Å². The van der Waals surface area contributed by atoms with Crippen molar-refractivity contribution in [1.29, 1.82) is 0 Å². The van der Waals surface area contributed by atoms with Gasteiger partial charge in [0.15, 0.2) is 0 Å². The second-order valence-electron chi connectivity index (χ2n) is 9.59. The molecule has 2 aromatic rings. The molecule has 0 unspecified atom stereocenters. The van der Waals surface area contributed by atoms with Crippen LogP contribution in [0.15, 0.2) is 36.5 Å². The number of fused-ring (bicyclic) bond motifs is 1. The summed E-state index contributed by atoms with van der Waals surface area (Å²) < 4.78 is 109. The van der Waals surface area contributed by atoms with Crippen molar-refractivity contribution < 1.29 is 44.7 Å². The number of hydrogen-bond donors (Lipinski definition) is 1. The topological polar surface area (TPSA) is 62.3 Å². The number of amides is 2. The van der Waals surface area contributed by atoms with Crippen LogP contribution in [0.3, 0.4) is 0 Å². The fraction of sp³-hybridized carbons (Fsp3) is 0.458. The Morgan fingerprint density at radius 3 is 2.24 bits per heavy atom. The van der Waals surface area contributed by atoms with Gasteiger partial charge in [-0.15, -0.1) is 0 Å². The van der Waals surface area contributed by atoms with Crippen LogP contribution in [0, 0.1) is 5.92 Å². The van der Waals surface area contributed by atoms with E-state index in [1.165, 1.54) is 0 Å². The van der Waals surface area contributed by atoms with Crippen molar-refractivity contribution in [3.8, 4) is 0 Å². The second kappa shape index (κ2) is 8.38. The van der Waals surface area contributed by atoms with E-state index >= 15 is 8.78 Å². The van der Waals surface area contributed by atoms with Crippen molar-refractivity contribution in [2.24, 2.45) is 5.92 Å². The number of nitrogens with zero attached hydrogens (tertiary/aromatic N) is 2. The summed E-state index contributed by atoms with van der Waals surface area (Å²) in [6.07, 6.45) is -7.37. The molecule has 1 N–H and O–H groups in total. The maximum Gasteiger partial charge on any atom is 0.433 e. The average molecular weight is 533 g/mol. The molecule has 1 aliphatic heterocycles. The Labute approximate surface area is 204 Å². The molecule has 2 heterocycles. The molecule has 2 saturated carbocycles. The maximum absolute atomic E-state index is 15.2. The van der Waals surface area contributed by atoms with Gasteiger partial charge in [-0.05, 0) is 67.3 Å². The summed E-state index contributed by atoms with van der Waals surface area (Å²) in [7, 11) is 0. The van der Waals surface area contributed by atoms with Crippen LogP contribution in [0.25, 0.3) is 0 Å². The molecule has 5 nitrogen and oxygen atoms in total. The Bertz CT molecular complexity index is 1260. The molecule has 0 radical (unpaired) electrons. The highest BCUT2D eigenvalue weighted by atomic mass is 19.4. The van der Waals surface area contributed by atoms with E-state index in [0.29, 0.717) is 43.5 Å². The third-order valence-electron chi connectivity index (χ3n) is 6.95. The lowest BCUT2D eigenvalue weighted by Crippen LogP contribution is -2.52. The number of benzene rings is 1. The van der Waals surface area contributed by atoms with E-state index in [2.05, 4.69) is 4.98 Å². The summed E-state index contributed by atoms with van der Waals surface area (Å²) in [6, 6.07) is -2.50. The Morgan fingerprint density at radius 2 is 1.62 bits per heavy atom.